The third-order valence-electron chi connectivity index (χ3n) is 6.90. The summed E-state index contributed by atoms with van der Waals surface area (Å²) in [5.74, 6) is 0.697. The van der Waals surface area contributed by atoms with E-state index in [0.29, 0.717) is 38.0 Å². The number of fused-ring (bicyclic) bond motifs is 2. The predicted octanol–water partition coefficient (Wildman–Crippen LogP) is 3.93. The number of ether oxygens (including phenoxy) is 1. The first-order valence-electron chi connectivity index (χ1n) is 11.7. The summed E-state index contributed by atoms with van der Waals surface area (Å²) in [5, 5.41) is 0.812. The Labute approximate surface area is 200 Å². The lowest BCUT2D eigenvalue weighted by atomic mass is 9.94. The quantitative estimate of drug-likeness (QED) is 0.567. The van der Waals surface area contributed by atoms with Crippen molar-refractivity contribution in [3.8, 4) is 5.75 Å². The summed E-state index contributed by atoms with van der Waals surface area (Å²) >= 11 is 0. The van der Waals surface area contributed by atoms with Crippen molar-refractivity contribution in [3.63, 3.8) is 0 Å². The summed E-state index contributed by atoms with van der Waals surface area (Å²) in [4.78, 5) is 19.9. The molecule has 8 heteroatoms. The maximum absolute atomic E-state index is 13.5. The number of carbonyl (C=O) groups excluding carboxylic acids is 1. The molecule has 5 rings (SSSR count). The molecule has 0 bridgehead atoms. The zero-order valence-corrected chi connectivity index (χ0v) is 20.3. The molecular weight excluding hydrogens is 450 g/mol. The fourth-order valence-electron chi connectivity index (χ4n) is 5.08. The zero-order valence-electron chi connectivity index (χ0n) is 19.5. The number of hydrogen-bond donors (Lipinski definition) is 0. The Morgan fingerprint density at radius 1 is 1.09 bits per heavy atom. The summed E-state index contributed by atoms with van der Waals surface area (Å²) in [7, 11) is -2.06. The number of aromatic nitrogens is 1. The van der Waals surface area contributed by atoms with Gasteiger partial charge < -0.3 is 9.64 Å². The van der Waals surface area contributed by atoms with Gasteiger partial charge in [-0.3, -0.25) is 9.78 Å². The van der Waals surface area contributed by atoms with Crippen molar-refractivity contribution in [3.05, 3.63) is 59.8 Å². The van der Waals surface area contributed by atoms with Gasteiger partial charge in [-0.1, -0.05) is 12.1 Å². The van der Waals surface area contributed by atoms with Crippen LogP contribution in [0.5, 0.6) is 5.75 Å². The predicted molar refractivity (Wildman–Crippen MR) is 132 cm³/mol. The van der Waals surface area contributed by atoms with Gasteiger partial charge in [0.1, 0.15) is 10.6 Å². The number of hydrogen-bond acceptors (Lipinski definition) is 5. The molecule has 0 aliphatic carbocycles. The van der Waals surface area contributed by atoms with Crippen molar-refractivity contribution >= 4 is 32.5 Å². The van der Waals surface area contributed by atoms with Gasteiger partial charge in [-0.05, 0) is 74.1 Å². The first-order valence-corrected chi connectivity index (χ1v) is 13.2. The lowest BCUT2D eigenvalue weighted by Crippen LogP contribution is -2.45. The molecule has 3 heterocycles. The van der Waals surface area contributed by atoms with Crippen molar-refractivity contribution in [2.75, 3.05) is 31.6 Å². The van der Waals surface area contributed by atoms with E-state index in [-0.39, 0.29) is 16.7 Å². The highest BCUT2D eigenvalue weighted by atomic mass is 32.2. The van der Waals surface area contributed by atoms with E-state index in [1.807, 2.05) is 42.2 Å². The minimum atomic E-state index is -3.70. The smallest absolute Gasteiger partial charge is 0.245 e. The number of aryl methyl sites for hydroxylation is 2. The maximum Gasteiger partial charge on any atom is 0.245 e. The van der Waals surface area contributed by atoms with Gasteiger partial charge in [0.15, 0.2) is 0 Å². The standard InChI is InChI=1S/C26H29N3O4S/c1-18-15-21-5-3-7-24(25(21)27-17-18)34(31,32)28-13-10-19(11-14-28)26(30)29-12-4-6-20-16-22(33-2)8-9-23(20)29/h3,5,7-9,15-17,19H,4,6,10-14H2,1-2H3. The minimum Gasteiger partial charge on any atom is -0.497 e. The highest BCUT2D eigenvalue weighted by Gasteiger charge is 2.36. The Bertz CT molecular complexity index is 1350. The Morgan fingerprint density at radius 2 is 1.88 bits per heavy atom. The van der Waals surface area contributed by atoms with Crippen LogP contribution < -0.4 is 9.64 Å². The number of nitrogens with zero attached hydrogens (tertiary/aromatic N) is 3. The van der Waals surface area contributed by atoms with Crippen LogP contribution in [0, 0.1) is 12.8 Å². The molecule has 0 saturated carbocycles. The number of carbonyl (C=O) groups is 1. The summed E-state index contributed by atoms with van der Waals surface area (Å²) in [6.45, 7) is 3.28. The molecule has 0 unspecified atom stereocenters. The van der Waals surface area contributed by atoms with Crippen molar-refractivity contribution in [2.45, 2.75) is 37.5 Å². The van der Waals surface area contributed by atoms with Crippen LogP contribution in [-0.2, 0) is 21.2 Å². The number of benzene rings is 2. The summed E-state index contributed by atoms with van der Waals surface area (Å²) < 4.78 is 33.8. The van der Waals surface area contributed by atoms with Gasteiger partial charge >= 0.3 is 0 Å². The highest BCUT2D eigenvalue weighted by Crippen LogP contribution is 2.34. The fraction of sp³-hybridized carbons (Fsp3) is 0.385. The number of rotatable bonds is 4. The minimum absolute atomic E-state index is 0.0884. The molecule has 2 aliphatic rings. The van der Waals surface area contributed by atoms with Crippen LogP contribution in [0.4, 0.5) is 5.69 Å². The first-order chi connectivity index (χ1) is 16.4. The van der Waals surface area contributed by atoms with Crippen LogP contribution in [0.25, 0.3) is 10.9 Å². The van der Waals surface area contributed by atoms with E-state index in [4.69, 9.17) is 4.74 Å². The maximum atomic E-state index is 13.5. The second-order valence-corrected chi connectivity index (χ2v) is 11.0. The van der Waals surface area contributed by atoms with Crippen molar-refractivity contribution < 1.29 is 17.9 Å². The van der Waals surface area contributed by atoms with Gasteiger partial charge in [0.2, 0.25) is 15.9 Å². The molecule has 1 saturated heterocycles. The van der Waals surface area contributed by atoms with Crippen LogP contribution in [-0.4, -0.2) is 50.4 Å². The molecule has 0 atom stereocenters. The topological polar surface area (TPSA) is 79.8 Å². The fourth-order valence-corrected chi connectivity index (χ4v) is 6.72. The molecular formula is C26H29N3O4S. The molecule has 1 amide bonds. The van der Waals surface area contributed by atoms with E-state index < -0.39 is 10.0 Å². The van der Waals surface area contributed by atoms with Gasteiger partial charge in [-0.2, -0.15) is 4.31 Å². The molecule has 7 nitrogen and oxygen atoms in total. The lowest BCUT2D eigenvalue weighted by Gasteiger charge is -2.36. The third-order valence-corrected chi connectivity index (χ3v) is 8.83. The van der Waals surface area contributed by atoms with Crippen LogP contribution in [0.2, 0.25) is 0 Å². The van der Waals surface area contributed by atoms with Crippen LogP contribution in [0.1, 0.15) is 30.4 Å². The van der Waals surface area contributed by atoms with Crippen LogP contribution >= 0.6 is 0 Å². The van der Waals surface area contributed by atoms with Gasteiger partial charge in [0.05, 0.1) is 12.6 Å². The van der Waals surface area contributed by atoms with Crippen molar-refractivity contribution in [1.82, 2.24) is 9.29 Å². The number of piperidine rings is 1. The van der Waals surface area contributed by atoms with Gasteiger partial charge in [0, 0.05) is 42.8 Å². The van der Waals surface area contributed by atoms with Crippen LogP contribution in [0.3, 0.4) is 0 Å². The number of pyridine rings is 1. The average Bonchev–Trinajstić information content (AvgIpc) is 2.87. The summed E-state index contributed by atoms with van der Waals surface area (Å²) in [6.07, 6.45) is 4.55. The molecule has 2 aromatic carbocycles. The van der Waals surface area contributed by atoms with E-state index >= 15 is 0 Å². The number of anilines is 1. The Hall–Kier alpha value is -2.97. The van der Waals surface area contributed by atoms with Gasteiger partial charge in [-0.15, -0.1) is 0 Å². The van der Waals surface area contributed by atoms with E-state index in [0.717, 1.165) is 40.8 Å². The Kier molecular flexibility index (Phi) is 6.04. The molecule has 178 valence electrons. The molecule has 0 radical (unpaired) electrons. The van der Waals surface area contributed by atoms with E-state index in [1.54, 1.807) is 25.4 Å². The molecule has 0 N–H and O–H groups in total. The first kappa shape index (κ1) is 22.8. The summed E-state index contributed by atoms with van der Waals surface area (Å²) in [5.41, 5.74) is 3.55. The largest absolute Gasteiger partial charge is 0.497 e. The number of para-hydroxylation sites is 1. The van der Waals surface area contributed by atoms with E-state index in [9.17, 15) is 13.2 Å². The number of methoxy groups -OCH3 is 1. The Morgan fingerprint density at radius 3 is 2.65 bits per heavy atom. The number of amides is 1. The number of sulfonamides is 1. The summed E-state index contributed by atoms with van der Waals surface area (Å²) in [6, 6.07) is 13.1. The average molecular weight is 480 g/mol. The van der Waals surface area contributed by atoms with E-state index in [1.165, 1.54) is 4.31 Å². The Balaban J connectivity index is 1.32. The normalized spacial score (nSPS) is 17.5. The van der Waals surface area contributed by atoms with Crippen molar-refractivity contribution in [1.29, 1.82) is 0 Å². The van der Waals surface area contributed by atoms with E-state index in [2.05, 4.69) is 4.98 Å². The highest BCUT2D eigenvalue weighted by molar-refractivity contribution is 7.89. The zero-order chi connectivity index (χ0) is 23.9. The van der Waals surface area contributed by atoms with Crippen molar-refractivity contribution in [2.24, 2.45) is 5.92 Å². The SMILES string of the molecule is COc1ccc2c(c1)CCCN2C(=O)C1CCN(S(=O)(=O)c2cccc3cc(C)cnc23)CC1. The van der Waals surface area contributed by atoms with Gasteiger partial charge in [-0.25, -0.2) is 8.42 Å². The van der Waals surface area contributed by atoms with Gasteiger partial charge in [0.25, 0.3) is 0 Å². The lowest BCUT2D eigenvalue weighted by molar-refractivity contribution is -0.123. The molecule has 1 fully saturated rings. The molecule has 34 heavy (non-hydrogen) atoms. The molecule has 0 spiro atoms. The second-order valence-electron chi connectivity index (χ2n) is 9.11. The molecule has 1 aromatic heterocycles. The second kappa shape index (κ2) is 9.00. The molecule has 2 aliphatic heterocycles. The molecule has 3 aromatic rings. The third kappa shape index (κ3) is 4.05. The van der Waals surface area contributed by atoms with Crippen LogP contribution in [0.15, 0.2) is 53.6 Å². The monoisotopic (exact) mass is 479 g/mol.